The van der Waals surface area contributed by atoms with Gasteiger partial charge in [-0.3, -0.25) is 15.0 Å². The molecular formula is C16H24N4O4. The first-order valence-electron chi connectivity index (χ1n) is 8.33. The lowest BCUT2D eigenvalue weighted by atomic mass is 10.1. The van der Waals surface area contributed by atoms with Gasteiger partial charge in [-0.05, 0) is 11.6 Å². The van der Waals surface area contributed by atoms with Crippen LogP contribution in [-0.2, 0) is 11.3 Å². The van der Waals surface area contributed by atoms with Gasteiger partial charge >= 0.3 is 0 Å². The molecule has 0 bridgehead atoms. The van der Waals surface area contributed by atoms with Crippen LogP contribution in [-0.4, -0.2) is 67.0 Å². The third kappa shape index (κ3) is 4.21. The number of benzene rings is 1. The lowest BCUT2D eigenvalue weighted by molar-refractivity contribution is -0.384. The van der Waals surface area contributed by atoms with Crippen molar-refractivity contribution in [1.82, 2.24) is 10.2 Å². The van der Waals surface area contributed by atoms with E-state index in [9.17, 15) is 15.2 Å². The molecule has 0 amide bonds. The van der Waals surface area contributed by atoms with Gasteiger partial charge in [-0.25, -0.2) is 0 Å². The first-order valence-corrected chi connectivity index (χ1v) is 8.33. The highest BCUT2D eigenvalue weighted by Gasteiger charge is 2.25. The second kappa shape index (κ2) is 7.89. The number of nitrogens with zero attached hydrogens (tertiary/aromatic N) is 2. The molecule has 2 aliphatic heterocycles. The Morgan fingerprint density at radius 3 is 2.83 bits per heavy atom. The fourth-order valence-electron chi connectivity index (χ4n) is 3.17. The van der Waals surface area contributed by atoms with Crippen LogP contribution in [0.1, 0.15) is 5.56 Å². The van der Waals surface area contributed by atoms with Crippen molar-refractivity contribution < 1.29 is 14.8 Å². The van der Waals surface area contributed by atoms with Crippen LogP contribution in [0, 0.1) is 16.0 Å². The Labute approximate surface area is 140 Å². The quantitative estimate of drug-likeness (QED) is 0.511. The largest absolute Gasteiger partial charge is 0.391 e. The molecule has 2 heterocycles. The molecule has 1 aromatic carbocycles. The van der Waals surface area contributed by atoms with Gasteiger partial charge in [-0.15, -0.1) is 0 Å². The molecule has 2 unspecified atom stereocenters. The molecule has 24 heavy (non-hydrogen) atoms. The van der Waals surface area contributed by atoms with Crippen LogP contribution in [0.2, 0.25) is 0 Å². The predicted molar refractivity (Wildman–Crippen MR) is 90.0 cm³/mol. The number of morpholine rings is 1. The zero-order valence-electron chi connectivity index (χ0n) is 13.6. The van der Waals surface area contributed by atoms with Crippen molar-refractivity contribution in [3.8, 4) is 0 Å². The summed E-state index contributed by atoms with van der Waals surface area (Å²) in [6.45, 7) is 5.76. The normalized spacial score (nSPS) is 24.9. The second-order valence-electron chi connectivity index (χ2n) is 6.36. The highest BCUT2D eigenvalue weighted by atomic mass is 16.6. The van der Waals surface area contributed by atoms with Crippen LogP contribution in [0.3, 0.4) is 0 Å². The van der Waals surface area contributed by atoms with Crippen LogP contribution in [0.4, 0.5) is 11.4 Å². The summed E-state index contributed by atoms with van der Waals surface area (Å²) in [6, 6.07) is 5.22. The van der Waals surface area contributed by atoms with E-state index in [0.29, 0.717) is 18.8 Å². The third-order valence-electron chi connectivity index (χ3n) is 4.63. The maximum absolute atomic E-state index is 11.3. The fraction of sp³-hybridized carbons (Fsp3) is 0.625. The molecule has 3 rings (SSSR count). The van der Waals surface area contributed by atoms with Crippen LogP contribution in [0.15, 0.2) is 18.2 Å². The van der Waals surface area contributed by atoms with Crippen molar-refractivity contribution in [3.05, 3.63) is 33.9 Å². The van der Waals surface area contributed by atoms with Gasteiger partial charge < -0.3 is 20.5 Å². The van der Waals surface area contributed by atoms with Crippen molar-refractivity contribution in [1.29, 1.82) is 0 Å². The topological polar surface area (TPSA) is 99.9 Å². The average molecular weight is 336 g/mol. The molecule has 8 heteroatoms. The smallest absolute Gasteiger partial charge is 0.292 e. The minimum Gasteiger partial charge on any atom is -0.391 e. The summed E-state index contributed by atoms with van der Waals surface area (Å²) in [5.41, 5.74) is 1.63. The predicted octanol–water partition coefficient (Wildman–Crippen LogP) is 0.419. The summed E-state index contributed by atoms with van der Waals surface area (Å²) in [7, 11) is 0. The van der Waals surface area contributed by atoms with Gasteiger partial charge in [0.25, 0.3) is 5.69 Å². The van der Waals surface area contributed by atoms with E-state index in [2.05, 4.69) is 15.5 Å². The number of ether oxygens (including phenoxy) is 1. The highest BCUT2D eigenvalue weighted by molar-refractivity contribution is 5.62. The minimum atomic E-state index is -0.409. The fourth-order valence-corrected chi connectivity index (χ4v) is 3.17. The molecule has 0 aromatic heterocycles. The zero-order valence-corrected chi connectivity index (χ0v) is 13.6. The molecule has 2 aliphatic rings. The average Bonchev–Trinajstić information content (AvgIpc) is 2.99. The van der Waals surface area contributed by atoms with Crippen LogP contribution in [0.25, 0.3) is 0 Å². The molecular weight excluding hydrogens is 312 g/mol. The lowest BCUT2D eigenvalue weighted by Crippen LogP contribution is -2.35. The summed E-state index contributed by atoms with van der Waals surface area (Å²) in [5.74, 6) is 0.0625. The van der Waals surface area contributed by atoms with Gasteiger partial charge in [0.05, 0.1) is 24.2 Å². The van der Waals surface area contributed by atoms with Gasteiger partial charge in [-0.2, -0.15) is 0 Å². The molecule has 1 aromatic rings. The Bertz CT molecular complexity index is 577. The van der Waals surface area contributed by atoms with Crippen LogP contribution >= 0.6 is 0 Å². The summed E-state index contributed by atoms with van der Waals surface area (Å²) in [5, 5.41) is 27.4. The Morgan fingerprint density at radius 2 is 2.17 bits per heavy atom. The van der Waals surface area contributed by atoms with E-state index in [1.165, 1.54) is 0 Å². The molecule has 2 fully saturated rings. The van der Waals surface area contributed by atoms with Crippen LogP contribution < -0.4 is 10.6 Å². The summed E-state index contributed by atoms with van der Waals surface area (Å²) in [4.78, 5) is 13.2. The maximum Gasteiger partial charge on any atom is 0.292 e. The maximum atomic E-state index is 11.3. The van der Waals surface area contributed by atoms with E-state index in [0.717, 1.165) is 45.0 Å². The number of rotatable bonds is 6. The van der Waals surface area contributed by atoms with E-state index in [1.807, 2.05) is 12.1 Å². The number of aliphatic hydroxyl groups excluding tert-OH is 1. The lowest BCUT2D eigenvalue weighted by Gasteiger charge is -2.26. The third-order valence-corrected chi connectivity index (χ3v) is 4.63. The van der Waals surface area contributed by atoms with Crippen molar-refractivity contribution in [2.45, 2.75) is 12.6 Å². The zero-order chi connectivity index (χ0) is 16.9. The molecule has 0 aliphatic carbocycles. The van der Waals surface area contributed by atoms with Crippen molar-refractivity contribution in [2.24, 2.45) is 5.92 Å². The first kappa shape index (κ1) is 17.1. The molecule has 8 nitrogen and oxygen atoms in total. The van der Waals surface area contributed by atoms with E-state index < -0.39 is 6.10 Å². The highest BCUT2D eigenvalue weighted by Crippen LogP contribution is 2.27. The Hall–Kier alpha value is -1.74. The summed E-state index contributed by atoms with van der Waals surface area (Å²) < 4.78 is 5.34. The van der Waals surface area contributed by atoms with Crippen molar-refractivity contribution >= 4 is 11.4 Å². The molecule has 0 radical (unpaired) electrons. The number of nitrogens with one attached hydrogen (secondary N) is 2. The Kier molecular flexibility index (Phi) is 5.62. The number of anilines is 1. The summed E-state index contributed by atoms with van der Waals surface area (Å²) >= 11 is 0. The number of hydrogen-bond donors (Lipinski definition) is 3. The molecule has 0 spiro atoms. The Balaban J connectivity index is 1.69. The molecule has 3 N–H and O–H groups in total. The monoisotopic (exact) mass is 336 g/mol. The molecule has 132 valence electrons. The molecule has 0 saturated carbocycles. The van der Waals surface area contributed by atoms with Gasteiger partial charge in [0.1, 0.15) is 5.69 Å². The summed E-state index contributed by atoms with van der Waals surface area (Å²) in [6.07, 6.45) is -0.409. The molecule has 2 atom stereocenters. The van der Waals surface area contributed by atoms with E-state index >= 15 is 0 Å². The van der Waals surface area contributed by atoms with Gasteiger partial charge in [0.2, 0.25) is 0 Å². The standard InChI is InChI=1S/C16H24N4O4/c21-16-10-17-8-13(16)9-18-14-7-12(1-2-15(14)20(22)23)11-19-3-5-24-6-4-19/h1-2,7,13,16-18,21H,3-6,8-11H2. The minimum absolute atomic E-state index is 0.0625. The van der Waals surface area contributed by atoms with Crippen molar-refractivity contribution in [2.75, 3.05) is 51.3 Å². The van der Waals surface area contributed by atoms with E-state index in [1.54, 1.807) is 6.07 Å². The number of aliphatic hydroxyl groups is 1. The first-order chi connectivity index (χ1) is 11.6. The van der Waals surface area contributed by atoms with Gasteiger partial charge in [0.15, 0.2) is 0 Å². The van der Waals surface area contributed by atoms with Gasteiger partial charge in [-0.1, -0.05) is 6.07 Å². The van der Waals surface area contributed by atoms with E-state index in [-0.39, 0.29) is 16.5 Å². The number of β-amino-alcohol motifs (C(OH)–C–C–N with tert-alkyl or cyclic N) is 1. The number of hydrogen-bond acceptors (Lipinski definition) is 7. The van der Waals surface area contributed by atoms with Crippen molar-refractivity contribution in [3.63, 3.8) is 0 Å². The second-order valence-corrected chi connectivity index (χ2v) is 6.36. The number of nitro groups is 1. The number of nitro benzene ring substituents is 1. The van der Waals surface area contributed by atoms with Crippen LogP contribution in [0.5, 0.6) is 0 Å². The molecule has 2 saturated heterocycles. The van der Waals surface area contributed by atoms with Gasteiger partial charge in [0, 0.05) is 51.3 Å². The Morgan fingerprint density at radius 1 is 1.38 bits per heavy atom. The van der Waals surface area contributed by atoms with E-state index in [4.69, 9.17) is 4.74 Å². The SMILES string of the molecule is O=[N+]([O-])c1ccc(CN2CCOCC2)cc1NCC1CNCC1O.